The second-order valence-corrected chi connectivity index (χ2v) is 6.45. The van der Waals surface area contributed by atoms with E-state index < -0.39 is 17.9 Å². The number of likely N-dealkylation sites (tertiary alicyclic amines) is 1. The zero-order valence-corrected chi connectivity index (χ0v) is 14.0. The lowest BCUT2D eigenvalue weighted by molar-refractivity contribution is -0.142. The second kappa shape index (κ2) is 8.15. The van der Waals surface area contributed by atoms with Gasteiger partial charge in [0.2, 0.25) is 11.8 Å². The van der Waals surface area contributed by atoms with E-state index in [1.807, 2.05) is 27.7 Å². The molecule has 0 spiro atoms. The monoisotopic (exact) mass is 312 g/mol. The predicted molar refractivity (Wildman–Crippen MR) is 83.2 cm³/mol. The summed E-state index contributed by atoms with van der Waals surface area (Å²) in [5, 5.41) is 11.8. The fourth-order valence-corrected chi connectivity index (χ4v) is 2.97. The first-order chi connectivity index (χ1) is 10.3. The molecule has 22 heavy (non-hydrogen) atoms. The van der Waals surface area contributed by atoms with Gasteiger partial charge in [-0.15, -0.1) is 0 Å². The van der Waals surface area contributed by atoms with Gasteiger partial charge in [0.05, 0.1) is 5.92 Å². The van der Waals surface area contributed by atoms with Crippen molar-refractivity contribution < 1.29 is 19.5 Å². The van der Waals surface area contributed by atoms with Crippen molar-refractivity contribution in [3.63, 3.8) is 0 Å². The van der Waals surface area contributed by atoms with Crippen molar-refractivity contribution in [1.82, 2.24) is 10.2 Å². The Labute approximate surface area is 132 Å². The maximum absolute atomic E-state index is 12.3. The highest BCUT2D eigenvalue weighted by atomic mass is 16.4. The summed E-state index contributed by atoms with van der Waals surface area (Å²) in [6, 6.07) is -0.721. The van der Waals surface area contributed by atoms with E-state index in [4.69, 9.17) is 0 Å². The predicted octanol–water partition coefficient (Wildman–Crippen LogP) is 1.64. The van der Waals surface area contributed by atoms with Crippen molar-refractivity contribution in [2.24, 2.45) is 11.8 Å². The molecule has 2 atom stereocenters. The number of carboxylic acids is 1. The van der Waals surface area contributed by atoms with E-state index in [1.54, 1.807) is 4.90 Å². The van der Waals surface area contributed by atoms with Crippen molar-refractivity contribution in [1.29, 1.82) is 0 Å². The van der Waals surface area contributed by atoms with Crippen molar-refractivity contribution in [3.05, 3.63) is 0 Å². The van der Waals surface area contributed by atoms with E-state index in [0.29, 0.717) is 13.0 Å². The number of nitrogens with one attached hydrogen (secondary N) is 1. The molecule has 6 heteroatoms. The summed E-state index contributed by atoms with van der Waals surface area (Å²) in [4.78, 5) is 37.3. The fourth-order valence-electron chi connectivity index (χ4n) is 2.97. The highest BCUT2D eigenvalue weighted by molar-refractivity contribution is 5.91. The molecule has 1 aliphatic heterocycles. The minimum Gasteiger partial charge on any atom is -0.480 e. The summed E-state index contributed by atoms with van der Waals surface area (Å²) in [5.74, 6) is -1.63. The summed E-state index contributed by atoms with van der Waals surface area (Å²) in [7, 11) is 0. The topological polar surface area (TPSA) is 86.7 Å². The van der Waals surface area contributed by atoms with Gasteiger partial charge in [0.25, 0.3) is 0 Å². The van der Waals surface area contributed by atoms with Gasteiger partial charge < -0.3 is 15.3 Å². The van der Waals surface area contributed by atoms with Crippen molar-refractivity contribution >= 4 is 17.8 Å². The first kappa shape index (κ1) is 18.5. The molecule has 0 aromatic rings. The molecule has 0 saturated carbocycles. The number of hydrogen-bond acceptors (Lipinski definition) is 3. The molecular weight excluding hydrogens is 284 g/mol. The summed E-state index contributed by atoms with van der Waals surface area (Å²) in [6.07, 6.45) is 2.29. The average Bonchev–Trinajstić information content (AvgIpc) is 2.81. The van der Waals surface area contributed by atoms with Gasteiger partial charge in [-0.25, -0.2) is 4.79 Å². The lowest BCUT2D eigenvalue weighted by Gasteiger charge is -2.26. The molecule has 0 bridgehead atoms. The lowest BCUT2D eigenvalue weighted by atomic mass is 10.0. The lowest BCUT2D eigenvalue weighted by Crippen LogP contribution is -2.45. The van der Waals surface area contributed by atoms with Crippen LogP contribution in [0, 0.1) is 11.8 Å². The van der Waals surface area contributed by atoms with E-state index in [0.717, 1.165) is 12.8 Å². The Morgan fingerprint density at radius 2 is 1.91 bits per heavy atom. The van der Waals surface area contributed by atoms with Crippen LogP contribution in [-0.4, -0.2) is 46.4 Å². The summed E-state index contributed by atoms with van der Waals surface area (Å²) in [6.45, 7) is 8.27. The molecule has 1 aliphatic rings. The van der Waals surface area contributed by atoms with Crippen molar-refractivity contribution in [3.8, 4) is 0 Å². The minimum atomic E-state index is -1.02. The van der Waals surface area contributed by atoms with E-state index in [9.17, 15) is 19.5 Å². The van der Waals surface area contributed by atoms with Gasteiger partial charge in [0, 0.05) is 19.0 Å². The quantitative estimate of drug-likeness (QED) is 0.713. The van der Waals surface area contributed by atoms with Crippen LogP contribution in [0.3, 0.4) is 0 Å². The van der Waals surface area contributed by atoms with Crippen LogP contribution in [0.2, 0.25) is 0 Å². The summed E-state index contributed by atoms with van der Waals surface area (Å²) >= 11 is 0. The van der Waals surface area contributed by atoms with E-state index in [-0.39, 0.29) is 30.2 Å². The Morgan fingerprint density at radius 3 is 2.36 bits per heavy atom. The van der Waals surface area contributed by atoms with Crippen molar-refractivity contribution in [2.75, 3.05) is 6.54 Å². The number of amides is 2. The highest BCUT2D eigenvalue weighted by Crippen LogP contribution is 2.23. The molecule has 1 saturated heterocycles. The van der Waals surface area contributed by atoms with Crippen LogP contribution in [0.1, 0.15) is 53.4 Å². The minimum absolute atomic E-state index is 0.00964. The number of hydrogen-bond donors (Lipinski definition) is 2. The number of nitrogens with zero attached hydrogens (tertiary/aromatic N) is 1. The summed E-state index contributed by atoms with van der Waals surface area (Å²) in [5.41, 5.74) is 0. The molecule has 0 radical (unpaired) electrons. The van der Waals surface area contributed by atoms with Crippen LogP contribution in [0.5, 0.6) is 0 Å². The molecule has 0 aromatic carbocycles. The zero-order chi connectivity index (χ0) is 16.9. The molecule has 1 rings (SSSR count). The van der Waals surface area contributed by atoms with E-state index in [2.05, 4.69) is 5.32 Å². The third-order valence-electron chi connectivity index (χ3n) is 4.23. The van der Waals surface area contributed by atoms with Crippen LogP contribution in [-0.2, 0) is 14.4 Å². The Hall–Kier alpha value is -1.59. The smallest absolute Gasteiger partial charge is 0.326 e. The Morgan fingerprint density at radius 1 is 1.32 bits per heavy atom. The Balaban J connectivity index is 2.66. The fraction of sp³-hybridized carbons (Fsp3) is 0.812. The molecule has 1 heterocycles. The molecule has 2 N–H and O–H groups in total. The van der Waals surface area contributed by atoms with Crippen LogP contribution < -0.4 is 5.32 Å². The van der Waals surface area contributed by atoms with Crippen LogP contribution in [0.25, 0.3) is 0 Å². The van der Waals surface area contributed by atoms with Gasteiger partial charge in [0.1, 0.15) is 6.04 Å². The molecule has 126 valence electrons. The van der Waals surface area contributed by atoms with Crippen LogP contribution in [0.15, 0.2) is 0 Å². The highest BCUT2D eigenvalue weighted by Gasteiger charge is 2.38. The Kier molecular flexibility index (Phi) is 6.84. The standard InChI is InChI=1S/C16H28N2O4/c1-5-12(6-2)18-9-11(8-14(18)19)15(20)17-13(16(21)22)7-10(3)4/h10-13H,5-9H2,1-4H3,(H,17,20)(H,21,22)/t11?,13-/m0/s1. The van der Waals surface area contributed by atoms with Gasteiger partial charge in [-0.1, -0.05) is 27.7 Å². The van der Waals surface area contributed by atoms with Gasteiger partial charge in [0.15, 0.2) is 0 Å². The zero-order valence-electron chi connectivity index (χ0n) is 14.0. The first-order valence-corrected chi connectivity index (χ1v) is 8.12. The molecule has 1 unspecified atom stereocenters. The van der Waals surface area contributed by atoms with Gasteiger partial charge in [-0.2, -0.15) is 0 Å². The van der Waals surface area contributed by atoms with Crippen LogP contribution in [0.4, 0.5) is 0 Å². The molecule has 0 aliphatic carbocycles. The molecule has 2 amide bonds. The largest absolute Gasteiger partial charge is 0.480 e. The summed E-state index contributed by atoms with van der Waals surface area (Å²) < 4.78 is 0. The SMILES string of the molecule is CCC(CC)N1CC(C(=O)N[C@@H](CC(C)C)C(=O)O)CC1=O. The van der Waals surface area contributed by atoms with Crippen molar-refractivity contribution in [2.45, 2.75) is 65.5 Å². The molecule has 6 nitrogen and oxygen atoms in total. The maximum atomic E-state index is 12.3. The second-order valence-electron chi connectivity index (χ2n) is 6.45. The number of rotatable bonds is 8. The normalized spacial score (nSPS) is 19.8. The van der Waals surface area contributed by atoms with E-state index >= 15 is 0 Å². The third kappa shape index (κ3) is 4.71. The average molecular weight is 312 g/mol. The number of carbonyl (C=O) groups is 3. The van der Waals surface area contributed by atoms with Gasteiger partial charge in [-0.3, -0.25) is 9.59 Å². The van der Waals surface area contributed by atoms with Crippen LogP contribution >= 0.6 is 0 Å². The van der Waals surface area contributed by atoms with E-state index in [1.165, 1.54) is 0 Å². The molecule has 0 aromatic heterocycles. The Bertz CT molecular complexity index is 418. The van der Waals surface area contributed by atoms with Gasteiger partial charge >= 0.3 is 5.97 Å². The molecular formula is C16H28N2O4. The molecule has 1 fully saturated rings. The first-order valence-electron chi connectivity index (χ1n) is 8.12. The maximum Gasteiger partial charge on any atom is 0.326 e. The number of aliphatic carboxylic acids is 1. The number of carbonyl (C=O) groups excluding carboxylic acids is 2. The van der Waals surface area contributed by atoms with Gasteiger partial charge in [-0.05, 0) is 25.2 Å². The number of carboxylic acid groups (broad SMARTS) is 1. The third-order valence-corrected chi connectivity index (χ3v) is 4.23.